The van der Waals surface area contributed by atoms with E-state index in [0.717, 1.165) is 34.1 Å². The normalized spacial score (nSPS) is 10.2. The van der Waals surface area contributed by atoms with Crippen LogP contribution in [0.5, 0.6) is 23.0 Å². The van der Waals surface area contributed by atoms with Crippen molar-refractivity contribution in [3.63, 3.8) is 0 Å². The molecule has 0 bridgehead atoms. The van der Waals surface area contributed by atoms with Crippen molar-refractivity contribution >= 4 is 12.4 Å². The van der Waals surface area contributed by atoms with Crippen LogP contribution in [-0.4, -0.2) is 27.4 Å². The Morgan fingerprint density at radius 2 is 1.50 bits per heavy atom. The first-order valence-corrected chi connectivity index (χ1v) is 8.32. The molecule has 0 spiro atoms. The van der Waals surface area contributed by atoms with Crippen molar-refractivity contribution in [2.24, 2.45) is 0 Å². The van der Waals surface area contributed by atoms with Crippen LogP contribution in [0, 0.1) is 0 Å². The van der Waals surface area contributed by atoms with Gasteiger partial charge in [0.1, 0.15) is 11.5 Å². The highest BCUT2D eigenvalue weighted by atomic mass is 35.5. The van der Waals surface area contributed by atoms with Gasteiger partial charge in [-0.25, -0.2) is 0 Å². The van der Waals surface area contributed by atoms with Crippen molar-refractivity contribution in [3.05, 3.63) is 47.5 Å². The molecular weight excluding hydrogens is 354 g/mol. The molecule has 0 radical (unpaired) electrons. The van der Waals surface area contributed by atoms with Crippen LogP contribution in [0.1, 0.15) is 25.0 Å². The van der Waals surface area contributed by atoms with Gasteiger partial charge < -0.3 is 24.3 Å². The molecule has 0 saturated heterocycles. The molecule has 1 N–H and O–H groups in total. The first-order valence-electron chi connectivity index (χ1n) is 8.32. The predicted molar refractivity (Wildman–Crippen MR) is 106 cm³/mol. The summed E-state index contributed by atoms with van der Waals surface area (Å²) in [5.41, 5.74) is 2.17. The van der Waals surface area contributed by atoms with Crippen LogP contribution in [0.2, 0.25) is 0 Å². The van der Waals surface area contributed by atoms with E-state index in [2.05, 4.69) is 5.32 Å². The summed E-state index contributed by atoms with van der Waals surface area (Å²) < 4.78 is 21.9. The maximum atomic E-state index is 5.74. The monoisotopic (exact) mass is 381 g/mol. The fourth-order valence-electron chi connectivity index (χ4n) is 2.53. The number of hydrogen-bond donors (Lipinski definition) is 1. The first-order chi connectivity index (χ1) is 12.1. The maximum absolute atomic E-state index is 5.74. The number of methoxy groups -OCH3 is 3. The van der Waals surface area contributed by atoms with Crippen LogP contribution < -0.4 is 24.3 Å². The summed E-state index contributed by atoms with van der Waals surface area (Å²) in [7, 11) is 4.98. The molecule has 144 valence electrons. The molecule has 0 unspecified atom stereocenters. The van der Waals surface area contributed by atoms with Crippen molar-refractivity contribution in [1.82, 2.24) is 5.32 Å². The van der Waals surface area contributed by atoms with Gasteiger partial charge in [0.25, 0.3) is 0 Å². The number of halogens is 1. The Labute approximate surface area is 162 Å². The predicted octanol–water partition coefficient (Wildman–Crippen LogP) is 4.21. The second-order valence-electron chi connectivity index (χ2n) is 5.93. The van der Waals surface area contributed by atoms with Crippen LogP contribution in [-0.2, 0) is 13.1 Å². The zero-order chi connectivity index (χ0) is 18.2. The molecule has 2 aromatic rings. The lowest BCUT2D eigenvalue weighted by Gasteiger charge is -2.15. The molecule has 0 aliphatic rings. The molecular formula is C20H28ClNO4. The summed E-state index contributed by atoms with van der Waals surface area (Å²) in [5.74, 6) is 3.16. The van der Waals surface area contributed by atoms with Gasteiger partial charge in [0, 0.05) is 18.7 Å². The molecule has 0 aromatic heterocycles. The Balaban J connectivity index is 0.00000338. The summed E-state index contributed by atoms with van der Waals surface area (Å²) in [5, 5.41) is 3.42. The SMILES string of the molecule is COc1ccc(OC)c(CNCc2ccc(OC(C)C)c(OC)c2)c1.Cl. The Bertz CT molecular complexity index is 692. The van der Waals surface area contributed by atoms with E-state index in [1.54, 1.807) is 21.3 Å². The molecule has 0 fully saturated rings. The summed E-state index contributed by atoms with van der Waals surface area (Å²) in [6, 6.07) is 11.8. The molecule has 0 amide bonds. The van der Waals surface area contributed by atoms with Crippen LogP contribution in [0.25, 0.3) is 0 Å². The fourth-order valence-corrected chi connectivity index (χ4v) is 2.53. The Kier molecular flexibility index (Phi) is 9.10. The molecule has 5 nitrogen and oxygen atoms in total. The first kappa shape index (κ1) is 21.9. The van der Waals surface area contributed by atoms with Crippen LogP contribution in [0.3, 0.4) is 0 Å². The smallest absolute Gasteiger partial charge is 0.161 e. The van der Waals surface area contributed by atoms with Gasteiger partial charge in [0.2, 0.25) is 0 Å². The van der Waals surface area contributed by atoms with Crippen LogP contribution in [0.4, 0.5) is 0 Å². The van der Waals surface area contributed by atoms with Gasteiger partial charge in [0.05, 0.1) is 27.4 Å². The average Bonchev–Trinajstić information content (AvgIpc) is 2.62. The third-order valence-corrected chi connectivity index (χ3v) is 3.72. The van der Waals surface area contributed by atoms with Gasteiger partial charge in [-0.2, -0.15) is 0 Å². The zero-order valence-corrected chi connectivity index (χ0v) is 16.8. The summed E-state index contributed by atoms with van der Waals surface area (Å²) in [6.45, 7) is 5.37. The highest BCUT2D eigenvalue weighted by molar-refractivity contribution is 5.85. The molecule has 0 aliphatic carbocycles. The van der Waals surface area contributed by atoms with Gasteiger partial charge >= 0.3 is 0 Å². The number of nitrogens with one attached hydrogen (secondary N) is 1. The van der Waals surface area contributed by atoms with E-state index in [4.69, 9.17) is 18.9 Å². The summed E-state index contributed by atoms with van der Waals surface area (Å²) in [6.07, 6.45) is 0.110. The highest BCUT2D eigenvalue weighted by Crippen LogP contribution is 2.29. The number of rotatable bonds is 9. The lowest BCUT2D eigenvalue weighted by atomic mass is 10.1. The minimum Gasteiger partial charge on any atom is -0.497 e. The lowest BCUT2D eigenvalue weighted by molar-refractivity contribution is 0.230. The molecule has 0 saturated carbocycles. The number of benzene rings is 2. The van der Waals surface area contributed by atoms with Gasteiger partial charge in [-0.1, -0.05) is 6.07 Å². The minimum absolute atomic E-state index is 0. The van der Waals surface area contributed by atoms with Gasteiger partial charge in [-0.3, -0.25) is 0 Å². The third-order valence-electron chi connectivity index (χ3n) is 3.72. The van der Waals surface area contributed by atoms with Crippen molar-refractivity contribution in [2.75, 3.05) is 21.3 Å². The lowest BCUT2D eigenvalue weighted by Crippen LogP contribution is -2.14. The quantitative estimate of drug-likeness (QED) is 0.705. The zero-order valence-electron chi connectivity index (χ0n) is 16.0. The highest BCUT2D eigenvalue weighted by Gasteiger charge is 2.08. The number of ether oxygens (including phenoxy) is 4. The Morgan fingerprint density at radius 1 is 0.808 bits per heavy atom. The van der Waals surface area contributed by atoms with E-state index >= 15 is 0 Å². The second kappa shape index (κ2) is 10.8. The molecule has 0 heterocycles. The Hall–Kier alpha value is -2.11. The Morgan fingerprint density at radius 3 is 2.12 bits per heavy atom. The largest absolute Gasteiger partial charge is 0.497 e. The molecule has 2 rings (SSSR count). The van der Waals surface area contributed by atoms with Crippen molar-refractivity contribution in [1.29, 1.82) is 0 Å². The topological polar surface area (TPSA) is 49.0 Å². The van der Waals surface area contributed by atoms with E-state index in [-0.39, 0.29) is 18.5 Å². The van der Waals surface area contributed by atoms with E-state index in [1.807, 2.05) is 50.2 Å². The average molecular weight is 382 g/mol. The van der Waals surface area contributed by atoms with Gasteiger partial charge in [-0.05, 0) is 49.7 Å². The minimum atomic E-state index is 0. The second-order valence-corrected chi connectivity index (χ2v) is 5.93. The summed E-state index contributed by atoms with van der Waals surface area (Å²) >= 11 is 0. The number of hydrogen-bond acceptors (Lipinski definition) is 5. The van der Waals surface area contributed by atoms with Crippen molar-refractivity contribution < 1.29 is 18.9 Å². The molecule has 0 aliphatic heterocycles. The third kappa shape index (κ3) is 6.00. The van der Waals surface area contributed by atoms with Gasteiger partial charge in [-0.15, -0.1) is 12.4 Å². The van der Waals surface area contributed by atoms with E-state index < -0.39 is 0 Å². The molecule has 2 aromatic carbocycles. The van der Waals surface area contributed by atoms with Crippen LogP contribution >= 0.6 is 12.4 Å². The molecule has 26 heavy (non-hydrogen) atoms. The molecule has 6 heteroatoms. The van der Waals surface area contributed by atoms with Crippen molar-refractivity contribution in [2.45, 2.75) is 33.0 Å². The van der Waals surface area contributed by atoms with E-state index in [0.29, 0.717) is 13.1 Å². The van der Waals surface area contributed by atoms with Gasteiger partial charge in [0.15, 0.2) is 11.5 Å². The summed E-state index contributed by atoms with van der Waals surface area (Å²) in [4.78, 5) is 0. The fraction of sp³-hybridized carbons (Fsp3) is 0.400. The maximum Gasteiger partial charge on any atom is 0.161 e. The van der Waals surface area contributed by atoms with E-state index in [1.165, 1.54) is 0 Å². The van der Waals surface area contributed by atoms with E-state index in [9.17, 15) is 0 Å². The van der Waals surface area contributed by atoms with Crippen LogP contribution in [0.15, 0.2) is 36.4 Å². The molecule has 0 atom stereocenters. The standard InChI is InChI=1S/C20H27NO4.ClH/c1-14(2)25-19-8-6-15(10-20(19)24-5)12-21-13-16-11-17(22-3)7-9-18(16)23-4;/h6-11,14,21H,12-13H2,1-5H3;1H. The van der Waals surface area contributed by atoms with Crippen molar-refractivity contribution in [3.8, 4) is 23.0 Å².